The molecule has 0 unspecified atom stereocenters. The Balaban J connectivity index is 1.49. The van der Waals surface area contributed by atoms with Crippen LogP contribution in [0.1, 0.15) is 59.3 Å². The predicted molar refractivity (Wildman–Crippen MR) is 156 cm³/mol. The minimum absolute atomic E-state index is 0.161. The molecule has 3 aromatic carbocycles. The molecule has 0 saturated carbocycles. The van der Waals surface area contributed by atoms with Crippen LogP contribution in [0.25, 0.3) is 0 Å². The molecule has 4 aromatic rings. The van der Waals surface area contributed by atoms with Gasteiger partial charge in [0.1, 0.15) is 0 Å². The Morgan fingerprint density at radius 3 is 2.20 bits per heavy atom. The summed E-state index contributed by atoms with van der Waals surface area (Å²) in [5.41, 5.74) is 4.86. The van der Waals surface area contributed by atoms with Crippen molar-refractivity contribution in [1.82, 2.24) is 14.4 Å². The van der Waals surface area contributed by atoms with E-state index in [1.807, 2.05) is 75.4 Å². The second kappa shape index (κ2) is 12.6. The molecule has 4 rings (SSSR count). The smallest absolute Gasteiger partial charge is 0.244 e. The average molecular weight is 561 g/mol. The van der Waals surface area contributed by atoms with E-state index in [4.69, 9.17) is 4.52 Å². The van der Waals surface area contributed by atoms with Crippen LogP contribution in [0.4, 0.5) is 5.69 Å². The summed E-state index contributed by atoms with van der Waals surface area (Å²) in [6.45, 7) is 9.38. The minimum atomic E-state index is -3.93. The Labute approximate surface area is 236 Å². The number of benzene rings is 3. The van der Waals surface area contributed by atoms with Crippen molar-refractivity contribution in [3.05, 3.63) is 106 Å². The van der Waals surface area contributed by atoms with Crippen LogP contribution in [0.15, 0.2) is 76.1 Å². The fourth-order valence-electron chi connectivity index (χ4n) is 4.71. The third-order valence-corrected chi connectivity index (χ3v) is 8.74. The van der Waals surface area contributed by atoms with Crippen LogP contribution in [0.3, 0.4) is 0 Å². The maximum atomic E-state index is 13.9. The van der Waals surface area contributed by atoms with Crippen LogP contribution in [-0.4, -0.2) is 41.9 Å². The molecule has 0 radical (unpaired) electrons. The molecule has 0 spiro atoms. The number of rotatable bonds is 11. The van der Waals surface area contributed by atoms with Crippen molar-refractivity contribution in [2.24, 2.45) is 0 Å². The van der Waals surface area contributed by atoms with Gasteiger partial charge in [-0.1, -0.05) is 79.2 Å². The first-order chi connectivity index (χ1) is 19.0. The van der Waals surface area contributed by atoms with E-state index in [-0.39, 0.29) is 23.9 Å². The lowest BCUT2D eigenvalue weighted by molar-refractivity contribution is -0.116. The Kier molecular flexibility index (Phi) is 9.17. The number of aromatic nitrogens is 2. The van der Waals surface area contributed by atoms with E-state index >= 15 is 0 Å². The van der Waals surface area contributed by atoms with E-state index < -0.39 is 15.9 Å². The molecule has 0 bridgehead atoms. The second-order valence-electron chi connectivity index (χ2n) is 10.4. The summed E-state index contributed by atoms with van der Waals surface area (Å²) >= 11 is 0. The van der Waals surface area contributed by atoms with Gasteiger partial charge in [0.15, 0.2) is 5.82 Å². The highest BCUT2D eigenvalue weighted by atomic mass is 32.2. The molecule has 0 atom stereocenters. The summed E-state index contributed by atoms with van der Waals surface area (Å²) in [6, 6.07) is 20.7. The fraction of sp³-hybridized carbons (Fsp3) is 0.323. The standard InChI is InChI=1S/C31H36N4O4S/c1-21(2)31-33-28(34-39-31)19-26-11-13-27(14-12-26)32-29(36)20-35(16-15-25-9-7-6-8-10-25)40(37,38)30-23(4)17-22(3)18-24(30)5/h6-14,17-18,21H,15-16,19-20H2,1-5H3,(H,32,36). The summed E-state index contributed by atoms with van der Waals surface area (Å²) in [5.74, 6) is 0.948. The number of sulfonamides is 1. The molecule has 0 fully saturated rings. The second-order valence-corrected chi connectivity index (χ2v) is 12.3. The molecular formula is C31H36N4O4S. The highest BCUT2D eigenvalue weighted by molar-refractivity contribution is 7.89. The van der Waals surface area contributed by atoms with Crippen molar-refractivity contribution in [2.45, 2.75) is 58.3 Å². The monoisotopic (exact) mass is 560 g/mol. The fourth-order valence-corrected chi connectivity index (χ4v) is 6.52. The van der Waals surface area contributed by atoms with Crippen molar-refractivity contribution in [3.8, 4) is 0 Å². The van der Waals surface area contributed by atoms with Crippen molar-refractivity contribution >= 4 is 21.6 Å². The van der Waals surface area contributed by atoms with Gasteiger partial charge in [0, 0.05) is 24.6 Å². The summed E-state index contributed by atoms with van der Waals surface area (Å²) in [7, 11) is -3.93. The van der Waals surface area contributed by atoms with Gasteiger partial charge in [-0.2, -0.15) is 9.29 Å². The van der Waals surface area contributed by atoms with Gasteiger partial charge in [-0.15, -0.1) is 0 Å². The number of aryl methyl sites for hydroxylation is 3. The van der Waals surface area contributed by atoms with E-state index in [2.05, 4.69) is 15.5 Å². The first-order valence-corrected chi connectivity index (χ1v) is 14.8. The molecule has 210 valence electrons. The Hall–Kier alpha value is -3.82. The van der Waals surface area contributed by atoms with Crippen molar-refractivity contribution in [3.63, 3.8) is 0 Å². The molecule has 0 aliphatic carbocycles. The maximum absolute atomic E-state index is 13.9. The van der Waals surface area contributed by atoms with Gasteiger partial charge < -0.3 is 9.84 Å². The number of hydrogen-bond donors (Lipinski definition) is 1. The molecule has 1 heterocycles. The summed E-state index contributed by atoms with van der Waals surface area (Å²) in [5, 5.41) is 6.87. The molecule has 40 heavy (non-hydrogen) atoms. The van der Waals surface area contributed by atoms with Gasteiger partial charge in [0.05, 0.1) is 11.4 Å². The Morgan fingerprint density at radius 2 is 1.60 bits per heavy atom. The normalized spacial score (nSPS) is 11.8. The lowest BCUT2D eigenvalue weighted by atomic mass is 10.1. The van der Waals surface area contributed by atoms with Gasteiger partial charge in [-0.3, -0.25) is 4.79 Å². The number of nitrogens with zero attached hydrogens (tertiary/aromatic N) is 3. The zero-order chi connectivity index (χ0) is 28.9. The third-order valence-electron chi connectivity index (χ3n) is 6.59. The van der Waals surface area contributed by atoms with E-state index in [1.165, 1.54) is 4.31 Å². The van der Waals surface area contributed by atoms with Crippen LogP contribution in [0.5, 0.6) is 0 Å². The van der Waals surface area contributed by atoms with Crippen molar-refractivity contribution in [2.75, 3.05) is 18.4 Å². The average Bonchev–Trinajstić information content (AvgIpc) is 3.36. The van der Waals surface area contributed by atoms with Gasteiger partial charge >= 0.3 is 0 Å². The van der Waals surface area contributed by atoms with Crippen LogP contribution >= 0.6 is 0 Å². The third kappa shape index (κ3) is 7.22. The molecule has 8 nitrogen and oxygen atoms in total. The van der Waals surface area contributed by atoms with E-state index in [0.717, 1.165) is 16.7 Å². The summed E-state index contributed by atoms with van der Waals surface area (Å²) in [6.07, 6.45) is 0.992. The number of carbonyl (C=O) groups is 1. The number of amides is 1. The Morgan fingerprint density at radius 1 is 0.950 bits per heavy atom. The first kappa shape index (κ1) is 29.2. The quantitative estimate of drug-likeness (QED) is 0.257. The highest BCUT2D eigenvalue weighted by Crippen LogP contribution is 2.26. The SMILES string of the molecule is Cc1cc(C)c(S(=O)(=O)N(CCc2ccccc2)CC(=O)Nc2ccc(Cc3noc(C(C)C)n3)cc2)c(C)c1. The summed E-state index contributed by atoms with van der Waals surface area (Å²) in [4.78, 5) is 17.8. The maximum Gasteiger partial charge on any atom is 0.244 e. The number of hydrogen-bond acceptors (Lipinski definition) is 6. The number of anilines is 1. The van der Waals surface area contributed by atoms with Gasteiger partial charge in [-0.05, 0) is 61.6 Å². The van der Waals surface area contributed by atoms with Crippen LogP contribution < -0.4 is 5.32 Å². The van der Waals surface area contributed by atoms with Crippen molar-refractivity contribution in [1.29, 1.82) is 0 Å². The largest absolute Gasteiger partial charge is 0.339 e. The minimum Gasteiger partial charge on any atom is -0.339 e. The molecule has 1 aromatic heterocycles. The van der Waals surface area contributed by atoms with E-state index in [9.17, 15) is 13.2 Å². The van der Waals surface area contributed by atoms with Gasteiger partial charge in [0.2, 0.25) is 21.8 Å². The molecular weight excluding hydrogens is 524 g/mol. The number of nitrogens with one attached hydrogen (secondary N) is 1. The van der Waals surface area contributed by atoms with E-state index in [1.54, 1.807) is 26.0 Å². The molecule has 1 N–H and O–H groups in total. The van der Waals surface area contributed by atoms with Crippen LogP contribution in [-0.2, 0) is 27.7 Å². The lowest BCUT2D eigenvalue weighted by Crippen LogP contribution is -2.39. The van der Waals surface area contributed by atoms with Crippen LogP contribution in [0, 0.1) is 20.8 Å². The lowest BCUT2D eigenvalue weighted by Gasteiger charge is -2.24. The van der Waals surface area contributed by atoms with Gasteiger partial charge in [-0.25, -0.2) is 8.42 Å². The zero-order valence-electron chi connectivity index (χ0n) is 23.6. The zero-order valence-corrected chi connectivity index (χ0v) is 24.5. The molecule has 0 aliphatic rings. The Bertz CT molecular complexity index is 1540. The van der Waals surface area contributed by atoms with E-state index in [0.29, 0.717) is 41.4 Å². The predicted octanol–water partition coefficient (Wildman–Crippen LogP) is 5.58. The van der Waals surface area contributed by atoms with Crippen LogP contribution in [0.2, 0.25) is 0 Å². The molecule has 0 aliphatic heterocycles. The molecule has 1 amide bonds. The van der Waals surface area contributed by atoms with Gasteiger partial charge in [0.25, 0.3) is 0 Å². The number of carbonyl (C=O) groups excluding carboxylic acids is 1. The first-order valence-electron chi connectivity index (χ1n) is 13.4. The molecule has 0 saturated heterocycles. The van der Waals surface area contributed by atoms with Crippen molar-refractivity contribution < 1.29 is 17.7 Å². The molecule has 9 heteroatoms. The summed E-state index contributed by atoms with van der Waals surface area (Å²) < 4.78 is 34.3. The topological polar surface area (TPSA) is 105 Å². The highest BCUT2D eigenvalue weighted by Gasteiger charge is 2.29.